The van der Waals surface area contributed by atoms with Gasteiger partial charge in [-0.1, -0.05) is 17.8 Å². The molecule has 3 rings (SSSR count). The number of methoxy groups -OCH3 is 2. The third-order valence-corrected chi connectivity index (χ3v) is 5.20. The number of ether oxygens (including phenoxy) is 2. The molecule has 0 atom stereocenters. The van der Waals surface area contributed by atoms with Crippen LogP contribution in [0.15, 0.2) is 66.0 Å². The van der Waals surface area contributed by atoms with Crippen LogP contribution in [0.5, 0.6) is 11.5 Å². The van der Waals surface area contributed by atoms with E-state index in [4.69, 9.17) is 9.47 Å². The minimum Gasteiger partial charge on any atom is -0.497 e. The van der Waals surface area contributed by atoms with Crippen molar-refractivity contribution in [1.29, 1.82) is 0 Å². The van der Waals surface area contributed by atoms with Gasteiger partial charge in [0.1, 0.15) is 16.5 Å². The molecule has 9 heteroatoms. The fraction of sp³-hybridized carbons (Fsp3) is 0.182. The van der Waals surface area contributed by atoms with Crippen molar-refractivity contribution in [3.8, 4) is 11.5 Å². The first-order valence-corrected chi connectivity index (χ1v) is 10.4. The molecule has 3 aromatic rings. The molecular formula is C22H22N4O4S. The van der Waals surface area contributed by atoms with Crippen LogP contribution in [0.25, 0.3) is 0 Å². The van der Waals surface area contributed by atoms with Gasteiger partial charge in [0, 0.05) is 18.5 Å². The van der Waals surface area contributed by atoms with Crippen LogP contribution < -0.4 is 20.1 Å². The standard InChI is InChI=1S/C22H22N4O4S/c1-29-16-8-9-18(19(12-16)30-2)26-20(27)14-31-22-17(7-5-11-24-22)21(28)25-13-15-6-3-4-10-23-15/h3-12H,13-14H2,1-2H3,(H,25,28)(H,26,27). The smallest absolute Gasteiger partial charge is 0.254 e. The molecule has 2 heterocycles. The number of nitrogens with zero attached hydrogens (tertiary/aromatic N) is 2. The highest BCUT2D eigenvalue weighted by Crippen LogP contribution is 2.29. The number of carbonyl (C=O) groups is 2. The molecule has 0 radical (unpaired) electrons. The van der Waals surface area contributed by atoms with E-state index in [1.165, 1.54) is 18.9 Å². The van der Waals surface area contributed by atoms with Gasteiger partial charge >= 0.3 is 0 Å². The summed E-state index contributed by atoms with van der Waals surface area (Å²) in [6, 6.07) is 14.0. The molecule has 0 saturated heterocycles. The van der Waals surface area contributed by atoms with Crippen LogP contribution in [0.4, 0.5) is 5.69 Å². The highest BCUT2D eigenvalue weighted by molar-refractivity contribution is 8.00. The minimum atomic E-state index is -0.279. The van der Waals surface area contributed by atoms with Crippen molar-refractivity contribution in [3.05, 3.63) is 72.2 Å². The van der Waals surface area contributed by atoms with E-state index in [1.807, 2.05) is 18.2 Å². The predicted molar refractivity (Wildman–Crippen MR) is 119 cm³/mol. The average molecular weight is 439 g/mol. The number of rotatable bonds is 9. The molecule has 1 aromatic carbocycles. The quantitative estimate of drug-likeness (QED) is 0.495. The molecule has 0 bridgehead atoms. The maximum atomic E-state index is 12.6. The average Bonchev–Trinajstić information content (AvgIpc) is 2.82. The summed E-state index contributed by atoms with van der Waals surface area (Å²) in [7, 11) is 3.07. The van der Waals surface area contributed by atoms with Crippen LogP contribution in [-0.2, 0) is 11.3 Å². The van der Waals surface area contributed by atoms with E-state index in [1.54, 1.807) is 49.8 Å². The number of pyridine rings is 2. The van der Waals surface area contributed by atoms with Gasteiger partial charge in [-0.3, -0.25) is 14.6 Å². The second-order valence-corrected chi connectivity index (χ2v) is 7.23. The second kappa shape index (κ2) is 11.0. The summed E-state index contributed by atoms with van der Waals surface area (Å²) in [5.74, 6) is 0.661. The van der Waals surface area contributed by atoms with Crippen molar-refractivity contribution >= 4 is 29.3 Å². The van der Waals surface area contributed by atoms with Gasteiger partial charge in [0.05, 0.1) is 43.5 Å². The Morgan fingerprint density at radius 1 is 1.00 bits per heavy atom. The minimum absolute atomic E-state index is 0.0761. The molecule has 0 aliphatic heterocycles. The largest absolute Gasteiger partial charge is 0.497 e. The summed E-state index contributed by atoms with van der Waals surface area (Å²) in [5, 5.41) is 6.10. The van der Waals surface area contributed by atoms with Gasteiger partial charge in [0.25, 0.3) is 5.91 Å². The molecule has 2 N–H and O–H groups in total. The number of hydrogen-bond donors (Lipinski definition) is 2. The summed E-state index contributed by atoms with van der Waals surface area (Å²) in [5.41, 5.74) is 1.68. The van der Waals surface area contributed by atoms with E-state index < -0.39 is 0 Å². The van der Waals surface area contributed by atoms with Gasteiger partial charge in [-0.05, 0) is 36.4 Å². The Balaban J connectivity index is 1.60. The fourth-order valence-electron chi connectivity index (χ4n) is 2.67. The fourth-order valence-corrected chi connectivity index (χ4v) is 3.46. The monoisotopic (exact) mass is 438 g/mol. The molecule has 8 nitrogen and oxygen atoms in total. The lowest BCUT2D eigenvalue weighted by Gasteiger charge is -2.12. The number of hydrogen-bond acceptors (Lipinski definition) is 7. The van der Waals surface area contributed by atoms with Crippen LogP contribution in [0.3, 0.4) is 0 Å². The number of benzene rings is 1. The zero-order chi connectivity index (χ0) is 22.1. The molecule has 0 saturated carbocycles. The third kappa shape index (κ3) is 6.19. The maximum Gasteiger partial charge on any atom is 0.254 e. The van der Waals surface area contributed by atoms with Gasteiger partial charge in [0.15, 0.2) is 0 Å². The lowest BCUT2D eigenvalue weighted by Crippen LogP contribution is -2.24. The molecular weight excluding hydrogens is 416 g/mol. The van der Waals surface area contributed by atoms with Crippen LogP contribution in [0.1, 0.15) is 16.1 Å². The van der Waals surface area contributed by atoms with Crippen molar-refractivity contribution in [2.75, 3.05) is 25.3 Å². The van der Waals surface area contributed by atoms with E-state index >= 15 is 0 Å². The van der Waals surface area contributed by atoms with E-state index in [0.717, 1.165) is 5.69 Å². The lowest BCUT2D eigenvalue weighted by atomic mass is 10.2. The summed E-state index contributed by atoms with van der Waals surface area (Å²) >= 11 is 1.18. The Morgan fingerprint density at radius 3 is 2.58 bits per heavy atom. The molecule has 0 unspecified atom stereocenters. The molecule has 0 fully saturated rings. The van der Waals surface area contributed by atoms with E-state index in [0.29, 0.717) is 34.3 Å². The number of thioether (sulfide) groups is 1. The summed E-state index contributed by atoms with van der Waals surface area (Å²) in [6.07, 6.45) is 3.26. The Morgan fingerprint density at radius 2 is 1.84 bits per heavy atom. The number of aromatic nitrogens is 2. The Bertz CT molecular complexity index is 1050. The first-order valence-electron chi connectivity index (χ1n) is 9.38. The Hall–Kier alpha value is -3.59. The van der Waals surface area contributed by atoms with Crippen molar-refractivity contribution in [2.45, 2.75) is 11.6 Å². The van der Waals surface area contributed by atoms with E-state index in [-0.39, 0.29) is 17.6 Å². The summed E-state index contributed by atoms with van der Waals surface area (Å²) < 4.78 is 10.5. The van der Waals surface area contributed by atoms with Crippen LogP contribution in [-0.4, -0.2) is 41.8 Å². The summed E-state index contributed by atoms with van der Waals surface area (Å²) in [4.78, 5) is 33.5. The highest BCUT2D eigenvalue weighted by Gasteiger charge is 2.15. The topological polar surface area (TPSA) is 102 Å². The predicted octanol–water partition coefficient (Wildman–Crippen LogP) is 3.15. The maximum absolute atomic E-state index is 12.6. The van der Waals surface area contributed by atoms with Crippen LogP contribution >= 0.6 is 11.8 Å². The second-order valence-electron chi connectivity index (χ2n) is 6.26. The first-order chi connectivity index (χ1) is 15.1. The van der Waals surface area contributed by atoms with E-state index in [2.05, 4.69) is 20.6 Å². The van der Waals surface area contributed by atoms with E-state index in [9.17, 15) is 9.59 Å². The molecule has 0 aliphatic rings. The van der Waals surface area contributed by atoms with Crippen molar-refractivity contribution in [2.24, 2.45) is 0 Å². The lowest BCUT2D eigenvalue weighted by molar-refractivity contribution is -0.113. The van der Waals surface area contributed by atoms with Crippen molar-refractivity contribution in [1.82, 2.24) is 15.3 Å². The Labute approximate surface area is 184 Å². The zero-order valence-electron chi connectivity index (χ0n) is 17.1. The molecule has 31 heavy (non-hydrogen) atoms. The Kier molecular flexibility index (Phi) is 7.83. The molecule has 2 amide bonds. The number of nitrogens with one attached hydrogen (secondary N) is 2. The molecule has 0 spiro atoms. The van der Waals surface area contributed by atoms with Crippen molar-refractivity contribution < 1.29 is 19.1 Å². The van der Waals surface area contributed by atoms with Gasteiger partial charge in [-0.15, -0.1) is 0 Å². The van der Waals surface area contributed by atoms with Gasteiger partial charge in [-0.2, -0.15) is 0 Å². The van der Waals surface area contributed by atoms with Crippen LogP contribution in [0, 0.1) is 0 Å². The number of carbonyl (C=O) groups excluding carboxylic acids is 2. The first kappa shape index (κ1) is 22.1. The third-order valence-electron chi connectivity index (χ3n) is 4.19. The SMILES string of the molecule is COc1ccc(NC(=O)CSc2ncccc2C(=O)NCc2ccccn2)c(OC)c1. The molecule has 0 aliphatic carbocycles. The zero-order valence-corrected chi connectivity index (χ0v) is 17.9. The van der Waals surface area contributed by atoms with Gasteiger partial charge in [0.2, 0.25) is 5.91 Å². The van der Waals surface area contributed by atoms with Crippen LogP contribution in [0.2, 0.25) is 0 Å². The number of anilines is 1. The van der Waals surface area contributed by atoms with Crippen molar-refractivity contribution in [3.63, 3.8) is 0 Å². The normalized spacial score (nSPS) is 10.3. The number of amides is 2. The highest BCUT2D eigenvalue weighted by atomic mass is 32.2. The summed E-state index contributed by atoms with van der Waals surface area (Å²) in [6.45, 7) is 0.302. The van der Waals surface area contributed by atoms with Gasteiger partial charge in [-0.25, -0.2) is 4.98 Å². The van der Waals surface area contributed by atoms with Gasteiger partial charge < -0.3 is 20.1 Å². The molecule has 2 aromatic heterocycles. The molecule has 160 valence electrons.